The van der Waals surface area contributed by atoms with Gasteiger partial charge in [0, 0.05) is 35.6 Å². The lowest BCUT2D eigenvalue weighted by molar-refractivity contribution is 0.0497. The summed E-state index contributed by atoms with van der Waals surface area (Å²) in [6, 6.07) is 11.2. The zero-order valence-corrected chi connectivity index (χ0v) is 23.3. The van der Waals surface area contributed by atoms with Crippen molar-refractivity contribution in [2.45, 2.75) is 45.3 Å². The summed E-state index contributed by atoms with van der Waals surface area (Å²) in [4.78, 5) is 19.4. The van der Waals surface area contributed by atoms with Crippen LogP contribution < -0.4 is 15.0 Å². The summed E-state index contributed by atoms with van der Waals surface area (Å²) in [7, 11) is 1.47. The fourth-order valence-corrected chi connectivity index (χ4v) is 5.03. The van der Waals surface area contributed by atoms with Gasteiger partial charge in [-0.15, -0.1) is 0 Å². The van der Waals surface area contributed by atoms with Gasteiger partial charge in [-0.05, 0) is 63.4 Å². The molecule has 3 heterocycles. The van der Waals surface area contributed by atoms with Gasteiger partial charge in [-0.1, -0.05) is 12.1 Å². The number of anilines is 1. The molecule has 5 rings (SSSR count). The molecule has 0 saturated carbocycles. The minimum atomic E-state index is -0.654. The molecule has 0 atom stereocenters. The summed E-state index contributed by atoms with van der Waals surface area (Å²) >= 11 is 0. The highest BCUT2D eigenvalue weighted by Crippen LogP contribution is 2.42. The van der Waals surface area contributed by atoms with Crippen LogP contribution in [0.2, 0.25) is 0 Å². The monoisotopic (exact) mass is 558 g/mol. The van der Waals surface area contributed by atoms with Crippen LogP contribution in [0.5, 0.6) is 11.5 Å². The van der Waals surface area contributed by atoms with Gasteiger partial charge in [-0.2, -0.15) is 10.4 Å². The van der Waals surface area contributed by atoms with Gasteiger partial charge in [-0.3, -0.25) is 5.10 Å². The number of H-pyrrole nitrogens is 1. The molecule has 10 nitrogen and oxygen atoms in total. The smallest absolute Gasteiger partial charge is 0.407 e. The number of alkyl carbamates (subject to hydrolysis) is 1. The number of benzene rings is 2. The van der Waals surface area contributed by atoms with Crippen molar-refractivity contribution >= 4 is 22.8 Å². The second-order valence-electron chi connectivity index (χ2n) is 10.9. The Balaban J connectivity index is 1.56. The lowest BCUT2D eigenvalue weighted by Crippen LogP contribution is -2.46. The Kier molecular flexibility index (Phi) is 7.41. The predicted molar refractivity (Wildman–Crippen MR) is 152 cm³/mol. The van der Waals surface area contributed by atoms with Gasteiger partial charge in [0.2, 0.25) is 0 Å². The van der Waals surface area contributed by atoms with Crippen molar-refractivity contribution in [2.75, 3.05) is 25.1 Å². The fraction of sp³-hybridized carbons (Fsp3) is 0.333. The number of halogens is 1. The van der Waals surface area contributed by atoms with E-state index in [0.717, 1.165) is 5.39 Å². The Morgan fingerprint density at radius 2 is 1.93 bits per heavy atom. The molecule has 11 heteroatoms. The van der Waals surface area contributed by atoms with E-state index in [4.69, 9.17) is 14.5 Å². The number of carbonyl (C=O) groups excluding carboxylic acids is 1. The Hall–Kier alpha value is -4.85. The van der Waals surface area contributed by atoms with Crippen molar-refractivity contribution in [1.29, 1.82) is 5.26 Å². The quantitative estimate of drug-likeness (QED) is 0.292. The van der Waals surface area contributed by atoms with Crippen LogP contribution in [0.15, 0.2) is 42.6 Å². The van der Waals surface area contributed by atoms with Crippen LogP contribution in [0, 0.1) is 17.1 Å². The van der Waals surface area contributed by atoms with Gasteiger partial charge in [0.15, 0.2) is 17.3 Å². The average molecular weight is 559 g/mol. The molecule has 1 aliphatic rings. The SMILES string of the molecule is COc1ccc(-c2c(-c3ccc(C#N)c(F)c3)nc(N3CCC(NC(=O)OC(C)(C)C)CC3)c3[nH]ncc23)cc1O. The number of nitrogens with one attached hydrogen (secondary N) is 2. The van der Waals surface area contributed by atoms with Crippen LogP contribution in [0.4, 0.5) is 15.0 Å². The third kappa shape index (κ3) is 5.72. The van der Waals surface area contributed by atoms with Gasteiger partial charge in [0.1, 0.15) is 23.0 Å². The number of ether oxygens (including phenoxy) is 2. The second-order valence-corrected chi connectivity index (χ2v) is 10.9. The number of hydrogen-bond donors (Lipinski definition) is 3. The maximum absolute atomic E-state index is 14.8. The third-order valence-electron chi connectivity index (χ3n) is 6.93. The maximum atomic E-state index is 14.8. The zero-order chi connectivity index (χ0) is 29.3. The number of nitriles is 1. The molecule has 41 heavy (non-hydrogen) atoms. The normalized spacial score (nSPS) is 14.1. The average Bonchev–Trinajstić information content (AvgIpc) is 3.41. The van der Waals surface area contributed by atoms with Crippen LogP contribution in [0.25, 0.3) is 33.3 Å². The van der Waals surface area contributed by atoms with Gasteiger partial charge in [-0.25, -0.2) is 14.2 Å². The van der Waals surface area contributed by atoms with E-state index in [1.807, 2.05) is 26.8 Å². The Bertz CT molecular complexity index is 1650. The topological polar surface area (TPSA) is 136 Å². The molecule has 0 spiro atoms. The Labute approximate surface area is 236 Å². The van der Waals surface area contributed by atoms with Gasteiger partial charge >= 0.3 is 6.09 Å². The van der Waals surface area contributed by atoms with Gasteiger partial charge in [0.05, 0.1) is 24.6 Å². The first-order chi connectivity index (χ1) is 19.6. The van der Waals surface area contributed by atoms with Crippen molar-refractivity contribution in [2.24, 2.45) is 0 Å². The third-order valence-corrected chi connectivity index (χ3v) is 6.93. The first-order valence-electron chi connectivity index (χ1n) is 13.3. The lowest BCUT2D eigenvalue weighted by Gasteiger charge is -2.34. The van der Waals surface area contributed by atoms with Crippen LogP contribution in [0.3, 0.4) is 0 Å². The number of phenolic OH excluding ortho intramolecular Hbond substituents is 1. The van der Waals surface area contributed by atoms with Crippen LogP contribution in [-0.4, -0.2) is 58.2 Å². The number of hydrogen-bond acceptors (Lipinski definition) is 8. The number of methoxy groups -OCH3 is 1. The minimum absolute atomic E-state index is 0.0491. The number of amides is 1. The Morgan fingerprint density at radius 1 is 1.20 bits per heavy atom. The highest BCUT2D eigenvalue weighted by Gasteiger charge is 2.28. The van der Waals surface area contributed by atoms with E-state index in [1.165, 1.54) is 19.2 Å². The molecule has 2 aromatic heterocycles. The van der Waals surface area contributed by atoms with Crippen molar-refractivity contribution in [3.63, 3.8) is 0 Å². The molecule has 1 amide bonds. The van der Waals surface area contributed by atoms with Crippen molar-refractivity contribution in [1.82, 2.24) is 20.5 Å². The number of pyridine rings is 1. The number of aromatic nitrogens is 3. The van der Waals surface area contributed by atoms with E-state index in [0.29, 0.717) is 65.4 Å². The predicted octanol–water partition coefficient (Wildman–Crippen LogP) is 5.51. The largest absolute Gasteiger partial charge is 0.504 e. The summed E-state index contributed by atoms with van der Waals surface area (Å²) in [5.41, 5.74) is 2.25. The summed E-state index contributed by atoms with van der Waals surface area (Å²) in [6.45, 7) is 6.68. The van der Waals surface area contributed by atoms with Crippen molar-refractivity contribution < 1.29 is 23.8 Å². The maximum Gasteiger partial charge on any atom is 0.407 e. The number of rotatable bonds is 5. The lowest BCUT2D eigenvalue weighted by atomic mass is 9.95. The molecule has 1 aliphatic heterocycles. The summed E-state index contributed by atoms with van der Waals surface area (Å²) in [6.07, 6.45) is 2.58. The van der Waals surface area contributed by atoms with Crippen molar-refractivity contribution in [3.05, 3.63) is 54.0 Å². The summed E-state index contributed by atoms with van der Waals surface area (Å²) in [5.74, 6) is 0.241. The molecule has 0 unspecified atom stereocenters. The van der Waals surface area contributed by atoms with E-state index in [9.17, 15) is 19.6 Å². The number of nitrogens with zero attached hydrogens (tertiary/aromatic N) is 4. The molecule has 0 radical (unpaired) electrons. The fourth-order valence-electron chi connectivity index (χ4n) is 5.03. The number of phenols is 1. The van der Waals surface area contributed by atoms with Crippen LogP contribution in [-0.2, 0) is 4.74 Å². The molecule has 4 aromatic rings. The van der Waals surface area contributed by atoms with E-state index in [2.05, 4.69) is 20.4 Å². The molecule has 0 bridgehead atoms. The summed E-state index contributed by atoms with van der Waals surface area (Å²) < 4.78 is 25.4. The molecule has 1 fully saturated rings. The van der Waals surface area contributed by atoms with Gasteiger partial charge < -0.3 is 24.8 Å². The molecule has 2 aromatic carbocycles. The highest BCUT2D eigenvalue weighted by atomic mass is 19.1. The number of aromatic amines is 1. The van der Waals surface area contributed by atoms with E-state index < -0.39 is 17.5 Å². The number of carbonyl (C=O) groups is 1. The molecule has 3 N–H and O–H groups in total. The zero-order valence-electron chi connectivity index (χ0n) is 23.3. The molecule has 1 saturated heterocycles. The number of aromatic hydroxyl groups is 1. The molecule has 0 aliphatic carbocycles. The first kappa shape index (κ1) is 27.7. The first-order valence-corrected chi connectivity index (χ1v) is 13.3. The Morgan fingerprint density at radius 3 is 2.56 bits per heavy atom. The van der Waals surface area contributed by atoms with Gasteiger partial charge in [0.25, 0.3) is 0 Å². The number of fused-ring (bicyclic) bond motifs is 1. The number of piperidine rings is 1. The minimum Gasteiger partial charge on any atom is -0.504 e. The molecular formula is C30H31FN6O4. The van der Waals surface area contributed by atoms with E-state index >= 15 is 0 Å². The van der Waals surface area contributed by atoms with E-state index in [1.54, 1.807) is 30.5 Å². The molecular weight excluding hydrogens is 527 g/mol. The molecule has 212 valence electrons. The second kappa shape index (κ2) is 11.0. The highest BCUT2D eigenvalue weighted by molar-refractivity contribution is 6.05. The summed E-state index contributed by atoms with van der Waals surface area (Å²) in [5, 5.41) is 30.8. The standard InChI is InChI=1S/C30H31FN6O4/c1-30(2,3)41-29(39)34-20-9-11-37(12-10-20)28-27-21(16-33-36-27)25(17-7-8-24(40-4)23(38)14-17)26(35-28)18-5-6-19(15-32)22(31)13-18/h5-8,13-14,16,20,38H,9-12H2,1-4H3,(H,33,36)(H,34,39). The van der Waals surface area contributed by atoms with Crippen LogP contribution in [0.1, 0.15) is 39.2 Å². The van der Waals surface area contributed by atoms with Crippen molar-refractivity contribution in [3.8, 4) is 40.0 Å². The van der Waals surface area contributed by atoms with Crippen LogP contribution >= 0.6 is 0 Å². The van der Waals surface area contributed by atoms with E-state index in [-0.39, 0.29) is 17.4 Å².